The van der Waals surface area contributed by atoms with E-state index in [-0.39, 0.29) is 6.29 Å². The topological polar surface area (TPSA) is 53.5 Å². The molecule has 110 valence electrons. The van der Waals surface area contributed by atoms with Gasteiger partial charge in [0, 0.05) is 5.56 Å². The van der Waals surface area contributed by atoms with Crippen molar-refractivity contribution in [2.75, 3.05) is 26.1 Å². The second-order valence-electron chi connectivity index (χ2n) is 4.47. The lowest BCUT2D eigenvalue weighted by atomic mass is 10.1. The van der Waals surface area contributed by atoms with Crippen molar-refractivity contribution < 1.29 is 14.2 Å². The van der Waals surface area contributed by atoms with E-state index >= 15 is 0 Å². The summed E-state index contributed by atoms with van der Waals surface area (Å²) in [4.78, 5) is 0. The van der Waals surface area contributed by atoms with E-state index in [1.54, 1.807) is 18.9 Å². The molecule has 0 atom stereocenters. The second kappa shape index (κ2) is 6.89. The van der Waals surface area contributed by atoms with Crippen molar-refractivity contribution in [1.82, 2.24) is 10.2 Å². The monoisotopic (exact) mass is 304 g/mol. The van der Waals surface area contributed by atoms with Gasteiger partial charge in [-0.3, -0.25) is 0 Å². The van der Waals surface area contributed by atoms with Gasteiger partial charge in [-0.2, -0.15) is 0 Å². The minimum atomic E-state index is -0.127. The number of ether oxygens (including phenoxy) is 3. The smallest absolute Gasteiger partial charge is 0.167 e. The maximum absolute atomic E-state index is 5.39. The van der Waals surface area contributed by atoms with Crippen molar-refractivity contribution in [3.05, 3.63) is 36.4 Å². The summed E-state index contributed by atoms with van der Waals surface area (Å²) in [7, 11) is 1.65. The second-order valence-corrected chi connectivity index (χ2v) is 5.51. The normalized spacial score (nSPS) is 15.3. The molecule has 0 N–H and O–H groups in total. The number of hydrogen-bond acceptors (Lipinski definition) is 6. The van der Waals surface area contributed by atoms with Crippen molar-refractivity contribution in [3.8, 4) is 17.0 Å². The molecule has 1 aromatic heterocycles. The van der Waals surface area contributed by atoms with E-state index in [0.29, 0.717) is 13.2 Å². The van der Waals surface area contributed by atoms with Crippen LogP contribution in [0.3, 0.4) is 0 Å². The molecular weight excluding hydrogens is 288 g/mol. The van der Waals surface area contributed by atoms with Gasteiger partial charge in [0.2, 0.25) is 0 Å². The number of hydrogen-bond donors (Lipinski definition) is 0. The molecule has 0 aliphatic carbocycles. The molecular formula is C15H16N2O3S. The zero-order valence-corrected chi connectivity index (χ0v) is 12.5. The summed E-state index contributed by atoms with van der Waals surface area (Å²) in [6.07, 6.45) is -0.127. The first-order chi connectivity index (χ1) is 10.3. The van der Waals surface area contributed by atoms with Gasteiger partial charge in [-0.1, -0.05) is 11.8 Å². The lowest BCUT2D eigenvalue weighted by molar-refractivity contribution is -0.0214. The van der Waals surface area contributed by atoms with Gasteiger partial charge in [-0.25, -0.2) is 0 Å². The first kappa shape index (κ1) is 14.3. The third-order valence-electron chi connectivity index (χ3n) is 3.08. The number of aromatic nitrogens is 2. The van der Waals surface area contributed by atoms with Crippen molar-refractivity contribution >= 4 is 11.8 Å². The zero-order valence-electron chi connectivity index (χ0n) is 11.7. The van der Waals surface area contributed by atoms with E-state index in [9.17, 15) is 0 Å². The van der Waals surface area contributed by atoms with Gasteiger partial charge in [0.15, 0.2) is 6.29 Å². The number of thioether (sulfide) groups is 1. The van der Waals surface area contributed by atoms with Crippen LogP contribution in [0.2, 0.25) is 0 Å². The summed E-state index contributed by atoms with van der Waals surface area (Å²) < 4.78 is 15.9. The number of rotatable bonds is 5. The van der Waals surface area contributed by atoms with E-state index in [1.165, 1.54) is 0 Å². The van der Waals surface area contributed by atoms with Crippen molar-refractivity contribution in [1.29, 1.82) is 0 Å². The first-order valence-corrected chi connectivity index (χ1v) is 7.68. The molecule has 1 aromatic carbocycles. The zero-order chi connectivity index (χ0) is 14.5. The molecule has 0 saturated carbocycles. The summed E-state index contributed by atoms with van der Waals surface area (Å²) in [5.41, 5.74) is 1.86. The Bertz CT molecular complexity index is 568. The lowest BCUT2D eigenvalue weighted by Crippen LogP contribution is -2.10. The quantitative estimate of drug-likeness (QED) is 0.792. The van der Waals surface area contributed by atoms with Crippen LogP contribution in [0, 0.1) is 0 Å². The Labute approximate surface area is 127 Å². The molecule has 6 heteroatoms. The van der Waals surface area contributed by atoms with E-state index in [2.05, 4.69) is 10.2 Å². The van der Waals surface area contributed by atoms with Crippen LogP contribution < -0.4 is 4.74 Å². The molecule has 0 bridgehead atoms. The fourth-order valence-corrected chi connectivity index (χ4v) is 2.73. The summed E-state index contributed by atoms with van der Waals surface area (Å²) in [5, 5.41) is 9.35. The number of nitrogens with zero attached hydrogens (tertiary/aromatic N) is 2. The third kappa shape index (κ3) is 3.72. The van der Waals surface area contributed by atoms with Gasteiger partial charge >= 0.3 is 0 Å². The molecule has 2 heterocycles. The van der Waals surface area contributed by atoms with Crippen LogP contribution in [0.25, 0.3) is 11.3 Å². The number of methoxy groups -OCH3 is 1. The number of benzene rings is 1. The molecule has 0 radical (unpaired) electrons. The summed E-state index contributed by atoms with van der Waals surface area (Å²) in [5.74, 6) is 1.56. The summed E-state index contributed by atoms with van der Waals surface area (Å²) >= 11 is 1.58. The molecule has 1 fully saturated rings. The Morgan fingerprint density at radius 2 is 1.86 bits per heavy atom. The fourth-order valence-electron chi connectivity index (χ4n) is 1.97. The summed E-state index contributed by atoms with van der Waals surface area (Å²) in [6.45, 7) is 1.35. The minimum Gasteiger partial charge on any atom is -0.497 e. The first-order valence-electron chi connectivity index (χ1n) is 6.69. The Morgan fingerprint density at radius 1 is 1.10 bits per heavy atom. The molecule has 21 heavy (non-hydrogen) atoms. The minimum absolute atomic E-state index is 0.127. The van der Waals surface area contributed by atoms with Gasteiger partial charge in [-0.05, 0) is 36.4 Å². The Morgan fingerprint density at radius 3 is 2.48 bits per heavy atom. The molecule has 5 nitrogen and oxygen atoms in total. The highest BCUT2D eigenvalue weighted by Crippen LogP contribution is 2.23. The predicted molar refractivity (Wildman–Crippen MR) is 80.4 cm³/mol. The molecule has 3 rings (SSSR count). The van der Waals surface area contributed by atoms with Crippen LogP contribution in [-0.4, -0.2) is 42.6 Å². The Kier molecular flexibility index (Phi) is 4.69. The van der Waals surface area contributed by atoms with Crippen molar-refractivity contribution in [3.63, 3.8) is 0 Å². The fraction of sp³-hybridized carbons (Fsp3) is 0.333. The van der Waals surface area contributed by atoms with Gasteiger partial charge < -0.3 is 14.2 Å². The average Bonchev–Trinajstić information content (AvgIpc) is 3.07. The molecule has 2 aromatic rings. The largest absolute Gasteiger partial charge is 0.497 e. The van der Waals surface area contributed by atoms with Gasteiger partial charge in [0.05, 0.1) is 31.8 Å². The van der Waals surface area contributed by atoms with Gasteiger partial charge in [-0.15, -0.1) is 10.2 Å². The van der Waals surface area contributed by atoms with Crippen molar-refractivity contribution in [2.45, 2.75) is 11.3 Å². The molecule has 1 saturated heterocycles. The maximum Gasteiger partial charge on any atom is 0.167 e. The Hall–Kier alpha value is -1.63. The lowest BCUT2D eigenvalue weighted by Gasteiger charge is -2.07. The highest BCUT2D eigenvalue weighted by Gasteiger charge is 2.16. The molecule has 1 aliphatic heterocycles. The molecule has 1 aliphatic rings. The van der Waals surface area contributed by atoms with E-state index < -0.39 is 0 Å². The van der Waals surface area contributed by atoms with Crippen LogP contribution in [0.4, 0.5) is 0 Å². The SMILES string of the molecule is COc1ccc(-c2ccc(SCC3OCCO3)nn2)cc1. The third-order valence-corrected chi connectivity index (χ3v) is 4.04. The predicted octanol–water partition coefficient (Wildman–Crippen LogP) is 2.62. The van der Waals surface area contributed by atoms with Crippen LogP contribution in [0.15, 0.2) is 41.4 Å². The van der Waals surface area contributed by atoms with E-state index in [1.807, 2.05) is 36.4 Å². The van der Waals surface area contributed by atoms with Gasteiger partial charge in [0.1, 0.15) is 10.8 Å². The van der Waals surface area contributed by atoms with Crippen LogP contribution in [-0.2, 0) is 9.47 Å². The van der Waals surface area contributed by atoms with E-state index in [0.717, 1.165) is 27.8 Å². The van der Waals surface area contributed by atoms with Gasteiger partial charge in [0.25, 0.3) is 0 Å². The van der Waals surface area contributed by atoms with Crippen LogP contribution in [0.1, 0.15) is 0 Å². The maximum atomic E-state index is 5.39. The van der Waals surface area contributed by atoms with E-state index in [4.69, 9.17) is 14.2 Å². The average molecular weight is 304 g/mol. The highest BCUT2D eigenvalue weighted by molar-refractivity contribution is 7.99. The summed E-state index contributed by atoms with van der Waals surface area (Å²) in [6, 6.07) is 11.7. The Balaban J connectivity index is 1.62. The molecule has 0 unspecified atom stereocenters. The van der Waals surface area contributed by atoms with Crippen molar-refractivity contribution in [2.24, 2.45) is 0 Å². The molecule has 0 spiro atoms. The molecule has 0 amide bonds. The highest BCUT2D eigenvalue weighted by atomic mass is 32.2. The van der Waals surface area contributed by atoms with Crippen LogP contribution >= 0.6 is 11.8 Å². The van der Waals surface area contributed by atoms with Crippen LogP contribution in [0.5, 0.6) is 5.75 Å². The standard InChI is InChI=1S/C15H16N2O3S/c1-18-12-4-2-11(3-5-12)13-6-7-14(17-16-13)21-10-15-19-8-9-20-15/h2-7,15H,8-10H2,1H3.